The Morgan fingerprint density at radius 3 is 2.75 bits per heavy atom. The monoisotopic (exact) mass is 187 g/mol. The Morgan fingerprint density at radius 2 is 2.17 bits per heavy atom. The predicted molar refractivity (Wildman–Crippen MR) is 44.8 cm³/mol. The summed E-state index contributed by atoms with van der Waals surface area (Å²) < 4.78 is 4.54. The second-order valence-corrected chi connectivity index (χ2v) is 2.59. The molecule has 0 bridgehead atoms. The van der Waals surface area contributed by atoms with Gasteiger partial charge < -0.3 is 14.7 Å². The highest BCUT2D eigenvalue weighted by Gasteiger charge is 2.14. The van der Waals surface area contributed by atoms with Crippen LogP contribution in [-0.2, 0) is 0 Å². The average molecular weight is 187 g/mol. The maximum Gasteiger partial charge on any atom is 0.707 e. The van der Waals surface area contributed by atoms with Crippen LogP contribution >= 0.6 is 11.6 Å². The average Bonchev–Trinajstić information content (AvgIpc) is 1.98. The van der Waals surface area contributed by atoms with Crippen molar-refractivity contribution in [3.63, 3.8) is 0 Å². The van der Waals surface area contributed by atoms with Crippen LogP contribution in [0.1, 0.15) is 5.56 Å². The van der Waals surface area contributed by atoms with Crippen LogP contribution in [0, 0.1) is 6.92 Å². The van der Waals surface area contributed by atoms with Crippen LogP contribution < -0.4 is 4.65 Å². The molecule has 0 radical (unpaired) electrons. The van der Waals surface area contributed by atoms with Gasteiger partial charge in [0.2, 0.25) is 0 Å². The highest BCUT2D eigenvalue weighted by molar-refractivity contribution is 6.36. The highest BCUT2D eigenvalue weighted by Crippen LogP contribution is 2.25. The molecular formula is C6H7BClNO3. The summed E-state index contributed by atoms with van der Waals surface area (Å²) in [5, 5.41) is 17.3. The van der Waals surface area contributed by atoms with Crippen molar-refractivity contribution >= 4 is 18.9 Å². The lowest BCUT2D eigenvalue weighted by atomic mass is 10.2. The fourth-order valence-corrected chi connectivity index (χ4v) is 0.862. The molecule has 2 N–H and O–H groups in total. The van der Waals surface area contributed by atoms with Crippen LogP contribution in [0.25, 0.3) is 0 Å². The number of halogens is 1. The Hall–Kier alpha value is -0.775. The number of nitrogens with zero attached hydrogens (tertiary/aromatic N) is 1. The number of rotatable bonds is 2. The van der Waals surface area contributed by atoms with Crippen molar-refractivity contribution in [1.29, 1.82) is 0 Å². The highest BCUT2D eigenvalue weighted by atomic mass is 35.5. The Balaban J connectivity index is 2.92. The van der Waals surface area contributed by atoms with E-state index in [4.69, 9.17) is 21.6 Å². The van der Waals surface area contributed by atoms with Gasteiger partial charge in [0, 0.05) is 6.20 Å². The van der Waals surface area contributed by atoms with Gasteiger partial charge in [-0.05, 0) is 12.5 Å². The van der Waals surface area contributed by atoms with Gasteiger partial charge in [-0.15, -0.1) is 0 Å². The predicted octanol–water partition coefficient (Wildman–Crippen LogP) is 0.392. The molecule has 0 saturated heterocycles. The molecule has 6 heteroatoms. The van der Waals surface area contributed by atoms with E-state index in [1.54, 1.807) is 13.1 Å². The van der Waals surface area contributed by atoms with E-state index in [2.05, 4.69) is 9.64 Å². The zero-order valence-corrected chi connectivity index (χ0v) is 7.12. The summed E-state index contributed by atoms with van der Waals surface area (Å²) in [6, 6.07) is 0. The maximum absolute atomic E-state index is 8.47. The molecule has 1 aromatic rings. The van der Waals surface area contributed by atoms with Gasteiger partial charge in [-0.3, -0.25) is 4.98 Å². The molecule has 0 spiro atoms. The first-order valence-corrected chi connectivity index (χ1v) is 3.62. The summed E-state index contributed by atoms with van der Waals surface area (Å²) >= 11 is 5.75. The van der Waals surface area contributed by atoms with Crippen LogP contribution in [0.3, 0.4) is 0 Å². The topological polar surface area (TPSA) is 62.6 Å². The SMILES string of the molecule is Cc1cncc(OB(O)O)c1Cl. The molecule has 1 rings (SSSR count). The summed E-state index contributed by atoms with van der Waals surface area (Å²) in [4.78, 5) is 3.77. The normalized spacial score (nSPS) is 9.67. The minimum atomic E-state index is -1.87. The molecule has 0 aliphatic heterocycles. The lowest BCUT2D eigenvalue weighted by molar-refractivity contribution is 0.287. The zero-order valence-electron chi connectivity index (χ0n) is 6.36. The maximum atomic E-state index is 8.47. The van der Waals surface area contributed by atoms with E-state index >= 15 is 0 Å². The number of aryl methyl sites for hydroxylation is 1. The Labute approximate surface area is 74.9 Å². The van der Waals surface area contributed by atoms with E-state index in [-0.39, 0.29) is 5.75 Å². The van der Waals surface area contributed by atoms with Gasteiger partial charge in [0.15, 0.2) is 0 Å². The van der Waals surface area contributed by atoms with E-state index in [1.165, 1.54) is 6.20 Å². The second-order valence-electron chi connectivity index (χ2n) is 2.21. The lowest BCUT2D eigenvalue weighted by Gasteiger charge is -2.06. The summed E-state index contributed by atoms with van der Waals surface area (Å²) in [6.45, 7) is 1.74. The third kappa shape index (κ3) is 2.10. The molecule has 0 fully saturated rings. The molecule has 0 aromatic carbocycles. The first-order chi connectivity index (χ1) is 5.61. The minimum Gasteiger partial charge on any atom is -0.509 e. The molecule has 64 valence electrons. The first-order valence-electron chi connectivity index (χ1n) is 3.24. The van der Waals surface area contributed by atoms with Crippen LogP contribution in [0.15, 0.2) is 12.4 Å². The van der Waals surface area contributed by atoms with E-state index in [9.17, 15) is 0 Å². The molecule has 1 heterocycles. The standard InChI is InChI=1S/C6H7BClNO3/c1-4-2-9-3-5(6(4)8)12-7(10)11/h2-3,10-11H,1H3. The number of aromatic nitrogens is 1. The van der Waals surface area contributed by atoms with Crippen LogP contribution in [0.4, 0.5) is 0 Å². The van der Waals surface area contributed by atoms with E-state index in [0.29, 0.717) is 5.02 Å². The summed E-state index contributed by atoms with van der Waals surface area (Å²) in [6.07, 6.45) is 2.87. The zero-order chi connectivity index (χ0) is 9.14. The summed E-state index contributed by atoms with van der Waals surface area (Å²) in [5.41, 5.74) is 0.717. The van der Waals surface area contributed by atoms with Gasteiger partial charge in [-0.1, -0.05) is 11.6 Å². The molecular weight excluding hydrogens is 180 g/mol. The van der Waals surface area contributed by atoms with Crippen molar-refractivity contribution in [3.8, 4) is 5.75 Å². The summed E-state index contributed by atoms with van der Waals surface area (Å²) in [7, 11) is -1.87. The molecule has 0 aliphatic carbocycles. The molecule has 0 atom stereocenters. The fourth-order valence-electron chi connectivity index (χ4n) is 0.720. The Morgan fingerprint density at radius 1 is 1.50 bits per heavy atom. The van der Waals surface area contributed by atoms with Crippen LogP contribution in [-0.4, -0.2) is 22.4 Å². The Kier molecular flexibility index (Phi) is 2.91. The van der Waals surface area contributed by atoms with Gasteiger partial charge in [0.1, 0.15) is 5.75 Å². The molecule has 0 amide bonds. The van der Waals surface area contributed by atoms with Gasteiger partial charge in [0.25, 0.3) is 0 Å². The number of pyridine rings is 1. The van der Waals surface area contributed by atoms with Gasteiger partial charge in [-0.25, -0.2) is 0 Å². The summed E-state index contributed by atoms with van der Waals surface area (Å²) in [5.74, 6) is 0.159. The number of hydrogen-bond donors (Lipinski definition) is 2. The number of hydrogen-bond acceptors (Lipinski definition) is 4. The molecule has 1 aromatic heterocycles. The third-order valence-electron chi connectivity index (χ3n) is 1.25. The van der Waals surface area contributed by atoms with Crippen molar-refractivity contribution in [2.24, 2.45) is 0 Å². The van der Waals surface area contributed by atoms with E-state index in [0.717, 1.165) is 5.56 Å². The van der Waals surface area contributed by atoms with Gasteiger partial charge >= 0.3 is 7.32 Å². The third-order valence-corrected chi connectivity index (χ3v) is 1.74. The van der Waals surface area contributed by atoms with Crippen molar-refractivity contribution in [1.82, 2.24) is 4.98 Å². The lowest BCUT2D eigenvalue weighted by Crippen LogP contribution is -2.20. The van der Waals surface area contributed by atoms with Crippen molar-refractivity contribution < 1.29 is 14.7 Å². The first kappa shape index (κ1) is 9.31. The molecule has 12 heavy (non-hydrogen) atoms. The van der Waals surface area contributed by atoms with Gasteiger partial charge in [0.05, 0.1) is 11.2 Å². The minimum absolute atomic E-state index is 0.159. The van der Waals surface area contributed by atoms with Gasteiger partial charge in [-0.2, -0.15) is 0 Å². The smallest absolute Gasteiger partial charge is 0.509 e. The fraction of sp³-hybridized carbons (Fsp3) is 0.167. The largest absolute Gasteiger partial charge is 0.707 e. The van der Waals surface area contributed by atoms with Crippen molar-refractivity contribution in [2.75, 3.05) is 0 Å². The second kappa shape index (κ2) is 3.75. The molecule has 0 saturated carbocycles. The van der Waals surface area contributed by atoms with Crippen LogP contribution in [0.2, 0.25) is 5.02 Å². The van der Waals surface area contributed by atoms with E-state index in [1.807, 2.05) is 0 Å². The molecule has 0 aliphatic rings. The van der Waals surface area contributed by atoms with Crippen molar-refractivity contribution in [2.45, 2.75) is 6.92 Å². The van der Waals surface area contributed by atoms with Crippen molar-refractivity contribution in [3.05, 3.63) is 23.0 Å². The van der Waals surface area contributed by atoms with Crippen LogP contribution in [0.5, 0.6) is 5.75 Å². The Bertz CT molecular complexity index is 281. The quantitative estimate of drug-likeness (QED) is 0.658. The van der Waals surface area contributed by atoms with E-state index < -0.39 is 7.32 Å². The molecule has 0 unspecified atom stereocenters. The molecule has 4 nitrogen and oxygen atoms in total.